The molecule has 4 rings (SSSR count). The molecule has 0 spiro atoms. The van der Waals surface area contributed by atoms with Crippen LogP contribution in [0.3, 0.4) is 0 Å². The number of aromatic nitrogens is 1. The predicted molar refractivity (Wildman–Crippen MR) is 106 cm³/mol. The number of guanidine groups is 1. The minimum atomic E-state index is -1.37. The molecule has 2 N–H and O–H groups in total. The van der Waals surface area contributed by atoms with Crippen molar-refractivity contribution in [2.75, 3.05) is 14.2 Å². The van der Waals surface area contributed by atoms with Crippen molar-refractivity contribution in [1.82, 2.24) is 4.90 Å². The Morgan fingerprint density at radius 2 is 1.86 bits per heavy atom. The third-order valence-electron chi connectivity index (χ3n) is 5.11. The van der Waals surface area contributed by atoms with Gasteiger partial charge in [0.2, 0.25) is 12.4 Å². The first kappa shape index (κ1) is 18.6. The fourth-order valence-corrected chi connectivity index (χ4v) is 3.56. The van der Waals surface area contributed by atoms with Gasteiger partial charge in [0.05, 0.1) is 5.56 Å². The second-order valence-electron chi connectivity index (χ2n) is 6.74. The van der Waals surface area contributed by atoms with Crippen LogP contribution in [0.1, 0.15) is 11.1 Å². The van der Waals surface area contributed by atoms with E-state index < -0.39 is 11.4 Å². The normalized spacial score (nSPS) is 18.7. The first-order valence-corrected chi connectivity index (χ1v) is 9.02. The van der Waals surface area contributed by atoms with Crippen LogP contribution in [0.4, 0.5) is 4.39 Å². The minimum absolute atomic E-state index is 0.113. The van der Waals surface area contributed by atoms with Gasteiger partial charge in [0, 0.05) is 23.4 Å². The van der Waals surface area contributed by atoms with E-state index in [-0.39, 0.29) is 11.9 Å². The Morgan fingerprint density at radius 1 is 1.10 bits per heavy atom. The van der Waals surface area contributed by atoms with Crippen LogP contribution >= 0.6 is 0 Å². The lowest BCUT2D eigenvalue weighted by atomic mass is 9.81. The topological polar surface area (TPSA) is 71.8 Å². The molecule has 2 aromatic carbocycles. The summed E-state index contributed by atoms with van der Waals surface area (Å²) in [5.74, 6) is -0.595. The van der Waals surface area contributed by atoms with Crippen LogP contribution < -0.4 is 15.3 Å². The van der Waals surface area contributed by atoms with Gasteiger partial charge in [0.15, 0.2) is 11.5 Å². The summed E-state index contributed by atoms with van der Waals surface area (Å²) in [6, 6.07) is 17.2. The molecule has 1 aromatic heterocycles. The van der Waals surface area contributed by atoms with Crippen molar-refractivity contribution in [3.8, 4) is 11.1 Å². The number of hydrogen-bond acceptors (Lipinski definition) is 4. The lowest BCUT2D eigenvalue weighted by molar-refractivity contribution is -0.885. The number of nitrogens with two attached hydrogens (primary N) is 1. The molecule has 146 valence electrons. The van der Waals surface area contributed by atoms with Crippen molar-refractivity contribution in [3.05, 3.63) is 90.0 Å². The number of benzene rings is 2. The summed E-state index contributed by atoms with van der Waals surface area (Å²) < 4.78 is 16.2. The van der Waals surface area contributed by atoms with Crippen LogP contribution in [0.25, 0.3) is 11.1 Å². The summed E-state index contributed by atoms with van der Waals surface area (Å²) >= 11 is 0. The third-order valence-corrected chi connectivity index (χ3v) is 5.11. The van der Waals surface area contributed by atoms with Crippen molar-refractivity contribution in [2.45, 2.75) is 5.54 Å². The summed E-state index contributed by atoms with van der Waals surface area (Å²) in [5, 5.41) is 0. The summed E-state index contributed by atoms with van der Waals surface area (Å²) in [6.45, 7) is 0. The van der Waals surface area contributed by atoms with Gasteiger partial charge in [-0.3, -0.25) is 14.5 Å². The summed E-state index contributed by atoms with van der Waals surface area (Å²) in [5.41, 5.74) is 6.76. The monoisotopic (exact) mass is 391 g/mol. The molecule has 0 aliphatic carbocycles. The highest BCUT2D eigenvalue weighted by molar-refractivity contribution is 6.09. The number of pyridine rings is 1. The standard InChI is InChI=1S/C22H20FN4O2/c1-26-20(28)22(25-21(26)24,16-8-4-3-5-9-16)17-10-11-19(23)18(13-17)15-7-6-12-27(14-15)29-2/h3-14H,1-2H3,(H2,24,25)/q+1. The molecule has 1 atom stereocenters. The zero-order chi connectivity index (χ0) is 20.6. The van der Waals surface area contributed by atoms with Gasteiger partial charge in [0.25, 0.3) is 5.91 Å². The Bertz CT molecular complexity index is 1120. The molecule has 0 saturated carbocycles. The van der Waals surface area contributed by atoms with Crippen molar-refractivity contribution in [3.63, 3.8) is 0 Å². The van der Waals surface area contributed by atoms with E-state index in [4.69, 9.17) is 10.6 Å². The summed E-state index contributed by atoms with van der Waals surface area (Å²) in [6.07, 6.45) is 3.37. The maximum Gasteiger partial charge on any atom is 0.266 e. The van der Waals surface area contributed by atoms with Gasteiger partial charge in [-0.15, -0.1) is 0 Å². The molecule has 0 radical (unpaired) electrons. The molecular weight excluding hydrogens is 371 g/mol. The number of carbonyl (C=O) groups is 1. The number of rotatable bonds is 4. The third kappa shape index (κ3) is 2.91. The molecule has 1 amide bonds. The summed E-state index contributed by atoms with van der Waals surface area (Å²) in [7, 11) is 3.10. The van der Waals surface area contributed by atoms with E-state index in [0.29, 0.717) is 22.3 Å². The minimum Gasteiger partial charge on any atom is -0.369 e. The molecule has 1 aliphatic rings. The van der Waals surface area contributed by atoms with E-state index in [1.807, 2.05) is 30.3 Å². The van der Waals surface area contributed by atoms with Crippen LogP contribution in [0, 0.1) is 5.82 Å². The van der Waals surface area contributed by atoms with E-state index in [1.165, 1.54) is 22.8 Å². The average Bonchev–Trinajstić information content (AvgIpc) is 2.99. The highest BCUT2D eigenvalue weighted by Gasteiger charge is 2.49. The van der Waals surface area contributed by atoms with Gasteiger partial charge in [-0.2, -0.15) is 0 Å². The van der Waals surface area contributed by atoms with Crippen LogP contribution in [-0.2, 0) is 10.3 Å². The largest absolute Gasteiger partial charge is 0.369 e. The van der Waals surface area contributed by atoms with Gasteiger partial charge >= 0.3 is 0 Å². The molecule has 6 nitrogen and oxygen atoms in total. The van der Waals surface area contributed by atoms with Crippen molar-refractivity contribution >= 4 is 11.9 Å². The number of likely N-dealkylation sites (N-methyl/N-ethyl adjacent to an activating group) is 1. The average molecular weight is 391 g/mol. The Morgan fingerprint density at radius 3 is 2.52 bits per heavy atom. The van der Waals surface area contributed by atoms with E-state index in [0.717, 1.165) is 0 Å². The van der Waals surface area contributed by atoms with Crippen LogP contribution in [0.15, 0.2) is 78.0 Å². The Hall–Kier alpha value is -3.74. The number of halogens is 1. The molecule has 2 heterocycles. The zero-order valence-electron chi connectivity index (χ0n) is 16.0. The van der Waals surface area contributed by atoms with Gasteiger partial charge in [-0.1, -0.05) is 36.4 Å². The van der Waals surface area contributed by atoms with Crippen molar-refractivity contribution in [1.29, 1.82) is 0 Å². The highest BCUT2D eigenvalue weighted by atomic mass is 19.1. The number of aliphatic imine (C=N–C) groups is 1. The molecule has 0 saturated heterocycles. The lowest BCUT2D eigenvalue weighted by Crippen LogP contribution is -2.41. The fourth-order valence-electron chi connectivity index (χ4n) is 3.56. The first-order chi connectivity index (χ1) is 14.0. The smallest absolute Gasteiger partial charge is 0.266 e. The molecule has 1 unspecified atom stereocenters. The van der Waals surface area contributed by atoms with E-state index in [2.05, 4.69) is 4.99 Å². The molecule has 29 heavy (non-hydrogen) atoms. The van der Waals surface area contributed by atoms with Gasteiger partial charge in [0.1, 0.15) is 12.9 Å². The second kappa shape index (κ2) is 7.01. The zero-order valence-corrected chi connectivity index (χ0v) is 16.0. The number of hydrogen-bond donors (Lipinski definition) is 1. The van der Waals surface area contributed by atoms with E-state index in [1.54, 1.807) is 43.7 Å². The van der Waals surface area contributed by atoms with Gasteiger partial charge < -0.3 is 5.73 Å². The number of nitrogens with zero attached hydrogens (tertiary/aromatic N) is 3. The SMILES string of the molecule is CO[n+]1cccc(-c2cc(C3(c4ccccc4)N=C(N)N(C)C3=O)ccc2F)c1. The van der Waals surface area contributed by atoms with Crippen LogP contribution in [-0.4, -0.2) is 30.9 Å². The van der Waals surface area contributed by atoms with E-state index in [9.17, 15) is 9.18 Å². The maximum absolute atomic E-state index is 14.7. The Balaban J connectivity index is 1.95. The first-order valence-electron chi connectivity index (χ1n) is 9.02. The molecule has 0 fully saturated rings. The maximum atomic E-state index is 14.7. The van der Waals surface area contributed by atoms with Crippen molar-refractivity contribution < 1.29 is 18.8 Å². The predicted octanol–water partition coefficient (Wildman–Crippen LogP) is 1.87. The van der Waals surface area contributed by atoms with Gasteiger partial charge in [-0.25, -0.2) is 9.38 Å². The lowest BCUT2D eigenvalue weighted by Gasteiger charge is -2.26. The number of carbonyl (C=O) groups excluding carboxylic acids is 1. The second-order valence-corrected chi connectivity index (χ2v) is 6.74. The summed E-state index contributed by atoms with van der Waals surface area (Å²) in [4.78, 5) is 24.3. The number of amides is 1. The highest BCUT2D eigenvalue weighted by Crippen LogP contribution is 2.40. The quantitative estimate of drug-likeness (QED) is 0.690. The van der Waals surface area contributed by atoms with Gasteiger partial charge in [-0.05, 0) is 29.3 Å². The molecule has 7 heteroatoms. The molecular formula is C22H20FN4O2+. The van der Waals surface area contributed by atoms with E-state index >= 15 is 0 Å². The van der Waals surface area contributed by atoms with Crippen LogP contribution in [0.2, 0.25) is 0 Å². The van der Waals surface area contributed by atoms with Crippen molar-refractivity contribution in [2.24, 2.45) is 10.7 Å². The molecule has 3 aromatic rings. The Labute approximate surface area is 167 Å². The Kier molecular flexibility index (Phi) is 4.50. The van der Waals surface area contributed by atoms with Crippen LogP contribution in [0.5, 0.6) is 0 Å². The molecule has 1 aliphatic heterocycles. The molecule has 0 bridgehead atoms. The fraction of sp³-hybridized carbons (Fsp3) is 0.136.